The Bertz CT molecular complexity index is 856. The van der Waals surface area contributed by atoms with Crippen molar-refractivity contribution in [3.8, 4) is 0 Å². The van der Waals surface area contributed by atoms with Crippen molar-refractivity contribution in [2.24, 2.45) is 5.92 Å². The smallest absolute Gasteiger partial charge is 0.274 e. The third-order valence-electron chi connectivity index (χ3n) is 4.93. The number of likely N-dealkylation sites (tertiary alicyclic amines) is 1. The number of amides is 1. The normalized spacial score (nSPS) is 17.5. The molecule has 1 atom stereocenters. The molecule has 0 bridgehead atoms. The number of nitrogens with zero attached hydrogens (tertiary/aromatic N) is 2. The van der Waals surface area contributed by atoms with Crippen LogP contribution >= 0.6 is 11.6 Å². The van der Waals surface area contributed by atoms with Crippen LogP contribution in [0, 0.1) is 23.0 Å². The Labute approximate surface area is 163 Å². The molecule has 1 heterocycles. The lowest BCUT2D eigenvalue weighted by atomic mass is 9.96. The highest BCUT2D eigenvalue weighted by atomic mass is 35.5. The minimum atomic E-state index is -0.432. The van der Waals surface area contributed by atoms with Crippen LogP contribution in [0.25, 0.3) is 0 Å². The van der Waals surface area contributed by atoms with Crippen LogP contribution in [-0.2, 0) is 11.3 Å². The van der Waals surface area contributed by atoms with Gasteiger partial charge in [-0.05, 0) is 50.1 Å². The van der Waals surface area contributed by atoms with Crippen LogP contribution in [0.4, 0.5) is 11.4 Å². The van der Waals surface area contributed by atoms with Gasteiger partial charge in [-0.2, -0.15) is 0 Å². The summed E-state index contributed by atoms with van der Waals surface area (Å²) in [4.78, 5) is 25.6. The molecule has 0 radical (unpaired) electrons. The number of nitro benzene ring substituents is 1. The second kappa shape index (κ2) is 8.50. The number of piperidine rings is 1. The van der Waals surface area contributed by atoms with Crippen LogP contribution in [0.2, 0.25) is 5.02 Å². The summed E-state index contributed by atoms with van der Waals surface area (Å²) in [6.07, 6.45) is 1.75. The quantitative estimate of drug-likeness (QED) is 0.609. The first kappa shape index (κ1) is 19.3. The number of rotatable bonds is 5. The molecule has 1 amide bonds. The van der Waals surface area contributed by atoms with E-state index in [1.807, 2.05) is 24.3 Å². The van der Waals surface area contributed by atoms with Crippen LogP contribution in [0.15, 0.2) is 42.5 Å². The zero-order valence-electron chi connectivity index (χ0n) is 15.2. The Balaban J connectivity index is 1.65. The summed E-state index contributed by atoms with van der Waals surface area (Å²) in [6.45, 7) is 4.00. The molecule has 3 rings (SSSR count). The SMILES string of the molecule is Cc1c(NC(=O)C2CCCN(Cc3cccc(Cl)c3)C2)cccc1[N+](=O)[O-]. The van der Waals surface area contributed by atoms with Gasteiger partial charge in [0.15, 0.2) is 0 Å². The monoisotopic (exact) mass is 387 g/mol. The number of anilines is 1. The second-order valence-electron chi connectivity index (χ2n) is 6.90. The van der Waals surface area contributed by atoms with Gasteiger partial charge in [0.2, 0.25) is 5.91 Å². The van der Waals surface area contributed by atoms with Crippen LogP contribution in [-0.4, -0.2) is 28.8 Å². The highest BCUT2D eigenvalue weighted by Gasteiger charge is 2.26. The van der Waals surface area contributed by atoms with Crippen LogP contribution in [0.5, 0.6) is 0 Å². The number of carbonyl (C=O) groups excluding carboxylic acids is 1. The average molecular weight is 388 g/mol. The molecule has 0 aromatic heterocycles. The molecule has 1 unspecified atom stereocenters. The van der Waals surface area contributed by atoms with E-state index in [-0.39, 0.29) is 17.5 Å². The number of hydrogen-bond acceptors (Lipinski definition) is 4. The fraction of sp³-hybridized carbons (Fsp3) is 0.350. The predicted octanol–water partition coefficient (Wildman–Crippen LogP) is 4.41. The second-order valence-corrected chi connectivity index (χ2v) is 7.34. The van der Waals surface area contributed by atoms with Crippen LogP contribution in [0.1, 0.15) is 24.0 Å². The number of hydrogen-bond donors (Lipinski definition) is 1. The van der Waals surface area contributed by atoms with Crippen molar-refractivity contribution in [2.75, 3.05) is 18.4 Å². The molecule has 0 aliphatic carbocycles. The molecule has 0 spiro atoms. The van der Waals surface area contributed by atoms with Crippen molar-refractivity contribution < 1.29 is 9.72 Å². The number of nitro groups is 1. The lowest BCUT2D eigenvalue weighted by Crippen LogP contribution is -2.40. The van der Waals surface area contributed by atoms with Crippen LogP contribution in [0.3, 0.4) is 0 Å². The molecular weight excluding hydrogens is 366 g/mol. The molecule has 6 nitrogen and oxygen atoms in total. The topological polar surface area (TPSA) is 75.5 Å². The molecule has 0 saturated carbocycles. The highest BCUT2D eigenvalue weighted by Crippen LogP contribution is 2.27. The fourth-order valence-corrected chi connectivity index (χ4v) is 3.71. The van der Waals surface area contributed by atoms with Gasteiger partial charge >= 0.3 is 0 Å². The first-order chi connectivity index (χ1) is 12.9. The first-order valence-electron chi connectivity index (χ1n) is 8.95. The molecule has 7 heteroatoms. The summed E-state index contributed by atoms with van der Waals surface area (Å²) in [7, 11) is 0. The van der Waals surface area contributed by atoms with Gasteiger partial charge in [0.25, 0.3) is 5.69 Å². The van der Waals surface area contributed by atoms with Crippen molar-refractivity contribution in [3.63, 3.8) is 0 Å². The van der Waals surface area contributed by atoms with Crippen molar-refractivity contribution in [1.29, 1.82) is 0 Å². The molecule has 2 aromatic carbocycles. The van der Waals surface area contributed by atoms with Gasteiger partial charge in [-0.3, -0.25) is 19.8 Å². The Morgan fingerprint density at radius 1 is 1.33 bits per heavy atom. The van der Waals surface area contributed by atoms with Gasteiger partial charge in [0.1, 0.15) is 0 Å². The summed E-state index contributed by atoms with van der Waals surface area (Å²) >= 11 is 6.05. The number of nitrogens with one attached hydrogen (secondary N) is 1. The maximum Gasteiger partial charge on any atom is 0.274 e. The average Bonchev–Trinajstić information content (AvgIpc) is 2.63. The van der Waals surface area contributed by atoms with E-state index in [1.165, 1.54) is 6.07 Å². The first-order valence-corrected chi connectivity index (χ1v) is 9.33. The summed E-state index contributed by atoms with van der Waals surface area (Å²) in [5, 5.41) is 14.7. The Kier molecular flexibility index (Phi) is 6.08. The van der Waals surface area contributed by atoms with Gasteiger partial charge in [0, 0.05) is 24.2 Å². The molecule has 1 fully saturated rings. The minimum absolute atomic E-state index is 0.0130. The van der Waals surface area contributed by atoms with Crippen molar-refractivity contribution in [1.82, 2.24) is 4.90 Å². The molecule has 142 valence electrons. The van der Waals surface area contributed by atoms with Crippen molar-refractivity contribution in [3.05, 3.63) is 68.7 Å². The summed E-state index contributed by atoms with van der Waals surface area (Å²) in [5.74, 6) is -0.231. The Morgan fingerprint density at radius 2 is 2.11 bits per heavy atom. The standard InChI is InChI=1S/C20H22ClN3O3/c1-14-18(8-3-9-19(14)24(26)27)22-20(25)16-6-4-10-23(13-16)12-15-5-2-7-17(21)11-15/h2-3,5,7-9,11,16H,4,6,10,12-13H2,1H3,(H,22,25). The van der Waals surface area contributed by atoms with Gasteiger partial charge in [-0.1, -0.05) is 29.8 Å². The third-order valence-corrected chi connectivity index (χ3v) is 5.17. The molecule has 1 saturated heterocycles. The third kappa shape index (κ3) is 4.84. The molecule has 27 heavy (non-hydrogen) atoms. The van der Waals surface area contributed by atoms with E-state index in [0.29, 0.717) is 22.8 Å². The minimum Gasteiger partial charge on any atom is -0.325 e. The lowest BCUT2D eigenvalue weighted by Gasteiger charge is -2.32. The van der Waals surface area contributed by atoms with Gasteiger partial charge < -0.3 is 5.32 Å². The van der Waals surface area contributed by atoms with Crippen molar-refractivity contribution in [2.45, 2.75) is 26.3 Å². The molecule has 1 aliphatic rings. The number of halogens is 1. The maximum atomic E-state index is 12.7. The molecule has 1 aliphatic heterocycles. The van der Waals surface area contributed by atoms with E-state index in [9.17, 15) is 14.9 Å². The lowest BCUT2D eigenvalue weighted by molar-refractivity contribution is -0.385. The van der Waals surface area contributed by atoms with E-state index in [0.717, 1.165) is 31.5 Å². The zero-order chi connectivity index (χ0) is 19.4. The molecule has 2 aromatic rings. The Morgan fingerprint density at radius 3 is 2.85 bits per heavy atom. The predicted molar refractivity (Wildman–Crippen MR) is 106 cm³/mol. The highest BCUT2D eigenvalue weighted by molar-refractivity contribution is 6.30. The van der Waals surface area contributed by atoms with E-state index in [4.69, 9.17) is 11.6 Å². The van der Waals surface area contributed by atoms with E-state index in [1.54, 1.807) is 19.1 Å². The van der Waals surface area contributed by atoms with Gasteiger partial charge in [-0.25, -0.2) is 0 Å². The van der Waals surface area contributed by atoms with E-state index in [2.05, 4.69) is 10.2 Å². The van der Waals surface area contributed by atoms with Gasteiger partial charge in [0.05, 0.1) is 22.1 Å². The van der Waals surface area contributed by atoms with Crippen LogP contribution < -0.4 is 5.32 Å². The maximum absolute atomic E-state index is 12.7. The number of carbonyl (C=O) groups is 1. The number of benzene rings is 2. The van der Waals surface area contributed by atoms with E-state index < -0.39 is 4.92 Å². The van der Waals surface area contributed by atoms with Gasteiger partial charge in [-0.15, -0.1) is 0 Å². The molecular formula is C20H22ClN3O3. The van der Waals surface area contributed by atoms with Crippen molar-refractivity contribution >= 4 is 28.9 Å². The fourth-order valence-electron chi connectivity index (χ4n) is 3.50. The Hall–Kier alpha value is -2.44. The summed E-state index contributed by atoms with van der Waals surface area (Å²) < 4.78 is 0. The zero-order valence-corrected chi connectivity index (χ0v) is 15.9. The summed E-state index contributed by atoms with van der Waals surface area (Å²) in [6, 6.07) is 12.5. The van der Waals surface area contributed by atoms with E-state index >= 15 is 0 Å². The molecule has 1 N–H and O–H groups in total. The largest absolute Gasteiger partial charge is 0.325 e. The summed E-state index contributed by atoms with van der Waals surface area (Å²) in [5.41, 5.74) is 2.11.